The van der Waals surface area contributed by atoms with Crippen LogP contribution < -0.4 is 10.6 Å². The van der Waals surface area contributed by atoms with E-state index in [-0.39, 0.29) is 0 Å². The van der Waals surface area contributed by atoms with Crippen molar-refractivity contribution in [2.75, 3.05) is 26.2 Å². The van der Waals surface area contributed by atoms with E-state index < -0.39 is 0 Å². The van der Waals surface area contributed by atoms with Crippen molar-refractivity contribution in [2.45, 2.75) is 25.4 Å². The summed E-state index contributed by atoms with van der Waals surface area (Å²) in [6.07, 6.45) is 1.55. The van der Waals surface area contributed by atoms with Crippen LogP contribution in [0.25, 0.3) is 0 Å². The van der Waals surface area contributed by atoms with Crippen molar-refractivity contribution in [3.05, 3.63) is 35.4 Å². The molecule has 0 aromatic heterocycles. The minimum absolute atomic E-state index is 0.299. The number of carbonyl (C=O) groups is 1. The van der Waals surface area contributed by atoms with Gasteiger partial charge in [0.1, 0.15) is 0 Å². The zero-order valence-corrected chi connectivity index (χ0v) is 11.2. The fourth-order valence-electron chi connectivity index (χ4n) is 2.98. The van der Waals surface area contributed by atoms with Crippen LogP contribution in [-0.2, 0) is 11.3 Å². The predicted molar refractivity (Wildman–Crippen MR) is 74.7 cm³/mol. The molecule has 2 heterocycles. The summed E-state index contributed by atoms with van der Waals surface area (Å²) in [5, 5.41) is 6.77. The van der Waals surface area contributed by atoms with Gasteiger partial charge in [0, 0.05) is 45.2 Å². The SMILES string of the molecule is O=C(CCC1NCc2ccccc21)N1CCNCC1. The molecule has 1 atom stereocenters. The molecule has 3 rings (SSSR count). The normalized spacial score (nSPS) is 22.3. The molecule has 1 amide bonds. The van der Waals surface area contributed by atoms with Gasteiger partial charge in [-0.25, -0.2) is 0 Å². The second-order valence-corrected chi connectivity index (χ2v) is 5.30. The molecule has 0 saturated carbocycles. The van der Waals surface area contributed by atoms with E-state index in [0.29, 0.717) is 18.4 Å². The molecule has 19 heavy (non-hydrogen) atoms. The highest BCUT2D eigenvalue weighted by atomic mass is 16.2. The number of amides is 1. The van der Waals surface area contributed by atoms with Gasteiger partial charge in [0.2, 0.25) is 5.91 Å². The Balaban J connectivity index is 1.54. The number of carbonyl (C=O) groups excluding carboxylic acids is 1. The first-order chi connectivity index (χ1) is 9.34. The van der Waals surface area contributed by atoms with E-state index >= 15 is 0 Å². The summed E-state index contributed by atoms with van der Waals surface area (Å²) < 4.78 is 0. The zero-order valence-electron chi connectivity index (χ0n) is 11.2. The van der Waals surface area contributed by atoms with Gasteiger partial charge in [-0.2, -0.15) is 0 Å². The Morgan fingerprint density at radius 1 is 1.26 bits per heavy atom. The molecule has 1 unspecified atom stereocenters. The lowest BCUT2D eigenvalue weighted by Gasteiger charge is -2.27. The van der Waals surface area contributed by atoms with Gasteiger partial charge in [-0.05, 0) is 17.5 Å². The Bertz CT molecular complexity index is 454. The van der Waals surface area contributed by atoms with Gasteiger partial charge >= 0.3 is 0 Å². The third-order valence-electron chi connectivity index (χ3n) is 4.09. The topological polar surface area (TPSA) is 44.4 Å². The number of piperazine rings is 1. The Kier molecular flexibility index (Phi) is 3.80. The molecule has 0 aliphatic carbocycles. The van der Waals surface area contributed by atoms with Crippen molar-refractivity contribution >= 4 is 5.91 Å². The maximum atomic E-state index is 12.1. The zero-order chi connectivity index (χ0) is 13.1. The molecule has 2 N–H and O–H groups in total. The number of fused-ring (bicyclic) bond motifs is 1. The van der Waals surface area contributed by atoms with E-state index in [1.165, 1.54) is 11.1 Å². The van der Waals surface area contributed by atoms with Crippen molar-refractivity contribution in [3.63, 3.8) is 0 Å². The number of rotatable bonds is 3. The molecule has 0 radical (unpaired) electrons. The van der Waals surface area contributed by atoms with Crippen LogP contribution in [0.5, 0.6) is 0 Å². The first kappa shape index (κ1) is 12.6. The Morgan fingerprint density at radius 2 is 2.05 bits per heavy atom. The van der Waals surface area contributed by atoms with Gasteiger partial charge in [0.05, 0.1) is 0 Å². The maximum Gasteiger partial charge on any atom is 0.222 e. The van der Waals surface area contributed by atoms with Gasteiger partial charge in [-0.3, -0.25) is 4.79 Å². The molecule has 4 heteroatoms. The fourth-order valence-corrected chi connectivity index (χ4v) is 2.98. The number of hydrogen-bond acceptors (Lipinski definition) is 3. The molecular weight excluding hydrogens is 238 g/mol. The summed E-state index contributed by atoms with van der Waals surface area (Å²) in [6.45, 7) is 4.50. The first-order valence-corrected chi connectivity index (χ1v) is 7.14. The highest BCUT2D eigenvalue weighted by Crippen LogP contribution is 2.28. The van der Waals surface area contributed by atoms with E-state index in [0.717, 1.165) is 39.1 Å². The van der Waals surface area contributed by atoms with Crippen LogP contribution in [0.2, 0.25) is 0 Å². The maximum absolute atomic E-state index is 12.1. The predicted octanol–water partition coefficient (Wildman–Crippen LogP) is 1.04. The van der Waals surface area contributed by atoms with Gasteiger partial charge in [0.25, 0.3) is 0 Å². The second kappa shape index (κ2) is 5.72. The summed E-state index contributed by atoms with van der Waals surface area (Å²) in [7, 11) is 0. The van der Waals surface area contributed by atoms with Crippen molar-refractivity contribution in [2.24, 2.45) is 0 Å². The van der Waals surface area contributed by atoms with E-state index in [1.807, 2.05) is 4.90 Å². The smallest absolute Gasteiger partial charge is 0.222 e. The average molecular weight is 259 g/mol. The molecule has 0 spiro atoms. The molecule has 0 bridgehead atoms. The molecule has 1 aromatic rings. The van der Waals surface area contributed by atoms with Crippen LogP contribution in [0, 0.1) is 0 Å². The van der Waals surface area contributed by atoms with Gasteiger partial charge in [0.15, 0.2) is 0 Å². The summed E-state index contributed by atoms with van der Waals surface area (Å²) in [6, 6.07) is 8.85. The Hall–Kier alpha value is -1.39. The van der Waals surface area contributed by atoms with Crippen LogP contribution in [-0.4, -0.2) is 37.0 Å². The molecule has 2 aliphatic rings. The summed E-state index contributed by atoms with van der Waals surface area (Å²) in [5.74, 6) is 0.299. The summed E-state index contributed by atoms with van der Waals surface area (Å²) in [5.41, 5.74) is 2.75. The minimum atomic E-state index is 0.299. The summed E-state index contributed by atoms with van der Waals surface area (Å²) in [4.78, 5) is 14.1. The van der Waals surface area contributed by atoms with Crippen molar-refractivity contribution in [1.29, 1.82) is 0 Å². The fraction of sp³-hybridized carbons (Fsp3) is 0.533. The molecular formula is C15H21N3O. The van der Waals surface area contributed by atoms with Crippen molar-refractivity contribution in [1.82, 2.24) is 15.5 Å². The van der Waals surface area contributed by atoms with Crippen LogP contribution in [0.3, 0.4) is 0 Å². The van der Waals surface area contributed by atoms with Gasteiger partial charge < -0.3 is 15.5 Å². The van der Waals surface area contributed by atoms with Crippen LogP contribution in [0.4, 0.5) is 0 Å². The second-order valence-electron chi connectivity index (χ2n) is 5.30. The first-order valence-electron chi connectivity index (χ1n) is 7.14. The molecule has 1 fully saturated rings. The summed E-state index contributed by atoms with van der Waals surface area (Å²) >= 11 is 0. The van der Waals surface area contributed by atoms with E-state index in [2.05, 4.69) is 34.9 Å². The van der Waals surface area contributed by atoms with Crippen molar-refractivity contribution in [3.8, 4) is 0 Å². The van der Waals surface area contributed by atoms with Gasteiger partial charge in [-0.15, -0.1) is 0 Å². The van der Waals surface area contributed by atoms with Crippen molar-refractivity contribution < 1.29 is 4.79 Å². The monoisotopic (exact) mass is 259 g/mol. The van der Waals surface area contributed by atoms with Crippen LogP contribution in [0.15, 0.2) is 24.3 Å². The van der Waals surface area contributed by atoms with E-state index in [1.54, 1.807) is 0 Å². The largest absolute Gasteiger partial charge is 0.340 e. The van der Waals surface area contributed by atoms with E-state index in [4.69, 9.17) is 0 Å². The number of nitrogens with one attached hydrogen (secondary N) is 2. The Morgan fingerprint density at radius 3 is 2.89 bits per heavy atom. The van der Waals surface area contributed by atoms with Crippen LogP contribution in [0.1, 0.15) is 30.0 Å². The lowest BCUT2D eigenvalue weighted by atomic mass is 10.0. The average Bonchev–Trinajstić information content (AvgIpc) is 2.89. The standard InChI is InChI=1S/C15H21N3O/c19-15(18-9-7-16-8-10-18)6-5-14-13-4-2-1-3-12(13)11-17-14/h1-4,14,16-17H,5-11H2. The lowest BCUT2D eigenvalue weighted by Crippen LogP contribution is -2.46. The molecule has 4 nitrogen and oxygen atoms in total. The Labute approximate surface area is 114 Å². The number of benzene rings is 1. The number of hydrogen-bond donors (Lipinski definition) is 2. The van der Waals surface area contributed by atoms with Crippen LogP contribution >= 0.6 is 0 Å². The third-order valence-corrected chi connectivity index (χ3v) is 4.09. The highest BCUT2D eigenvalue weighted by molar-refractivity contribution is 5.76. The molecule has 1 saturated heterocycles. The van der Waals surface area contributed by atoms with Gasteiger partial charge in [-0.1, -0.05) is 24.3 Å². The lowest BCUT2D eigenvalue weighted by molar-refractivity contribution is -0.131. The molecule has 2 aliphatic heterocycles. The highest BCUT2D eigenvalue weighted by Gasteiger charge is 2.23. The van der Waals surface area contributed by atoms with E-state index in [9.17, 15) is 4.79 Å². The molecule has 102 valence electrons. The quantitative estimate of drug-likeness (QED) is 0.852. The molecule has 1 aromatic carbocycles. The number of nitrogens with zero attached hydrogens (tertiary/aromatic N) is 1. The third kappa shape index (κ3) is 2.80. The minimum Gasteiger partial charge on any atom is -0.340 e.